The monoisotopic (exact) mass is 452 g/mol. The maximum atomic E-state index is 12.9. The van der Waals surface area contributed by atoms with Gasteiger partial charge >= 0.3 is 16.1 Å². The second kappa shape index (κ2) is 11.4. The smallest absolute Gasteiger partial charge is 0.322 e. The number of carbonyl (C=O) groups is 1. The zero-order valence-electron chi connectivity index (χ0n) is 18.1. The van der Waals surface area contributed by atoms with Crippen molar-refractivity contribution in [1.29, 1.82) is 0 Å². The number of rotatable bonds is 11. The van der Waals surface area contributed by atoms with E-state index >= 15 is 0 Å². The van der Waals surface area contributed by atoms with Crippen LogP contribution in [0.4, 0.5) is 10.5 Å². The average Bonchev–Trinajstić information content (AvgIpc) is 2.77. The third-order valence-electron chi connectivity index (χ3n) is 4.33. The van der Waals surface area contributed by atoms with Crippen molar-refractivity contribution < 1.29 is 31.6 Å². The van der Waals surface area contributed by atoms with Gasteiger partial charge in [-0.25, -0.2) is 4.79 Å². The highest BCUT2D eigenvalue weighted by molar-refractivity contribution is 7.87. The summed E-state index contributed by atoms with van der Waals surface area (Å²) in [6.07, 6.45) is 0. The molecule has 9 nitrogen and oxygen atoms in total. The molecule has 0 saturated heterocycles. The number of methoxy groups -OCH3 is 3. The number of benzene rings is 2. The Labute approximate surface area is 183 Å². The molecule has 0 aliphatic carbocycles. The van der Waals surface area contributed by atoms with Gasteiger partial charge in [0, 0.05) is 44.1 Å². The number of nitrogens with one attached hydrogen (secondary N) is 1. The molecule has 10 heteroatoms. The molecule has 1 N–H and O–H groups in total. The Morgan fingerprint density at radius 3 is 2.10 bits per heavy atom. The van der Waals surface area contributed by atoms with Crippen LogP contribution in [-0.4, -0.2) is 59.6 Å². The fraction of sp³-hybridized carbons (Fsp3) is 0.381. The molecule has 2 aromatic carbocycles. The van der Waals surface area contributed by atoms with Crippen LogP contribution >= 0.6 is 0 Å². The van der Waals surface area contributed by atoms with Gasteiger partial charge < -0.3 is 28.6 Å². The first-order chi connectivity index (χ1) is 14.8. The standard InChI is InChI=1S/C21H28N2O7S/c1-5-31(25,26)30-18-8-6-16(7-9-18)15-23(10-11-27-2)21(24)22-17-12-19(28-3)14-20(13-17)29-4/h6-9,12-14H,5,10-11,15H2,1-4H3,(H,22,24). The van der Waals surface area contributed by atoms with Gasteiger partial charge in [0.1, 0.15) is 17.2 Å². The number of urea groups is 1. The molecule has 0 radical (unpaired) electrons. The lowest BCUT2D eigenvalue weighted by Gasteiger charge is -2.23. The number of hydrogen-bond acceptors (Lipinski definition) is 7. The third kappa shape index (κ3) is 7.65. The molecule has 0 fully saturated rings. The molecule has 0 aliphatic rings. The first kappa shape index (κ1) is 24.3. The second-order valence-electron chi connectivity index (χ2n) is 6.52. The van der Waals surface area contributed by atoms with Gasteiger partial charge in [0.25, 0.3) is 0 Å². The van der Waals surface area contributed by atoms with Gasteiger partial charge in [0.15, 0.2) is 0 Å². The summed E-state index contributed by atoms with van der Waals surface area (Å²) in [4.78, 5) is 14.5. The Bertz CT molecular complexity index is 940. The number of anilines is 1. The third-order valence-corrected chi connectivity index (χ3v) is 5.48. The van der Waals surface area contributed by atoms with Crippen LogP contribution < -0.4 is 19.0 Å². The Hall–Kier alpha value is -2.98. The van der Waals surface area contributed by atoms with E-state index < -0.39 is 10.1 Å². The maximum absolute atomic E-state index is 12.9. The van der Waals surface area contributed by atoms with Crippen LogP contribution in [-0.2, 0) is 21.4 Å². The van der Waals surface area contributed by atoms with Crippen molar-refractivity contribution >= 4 is 21.8 Å². The van der Waals surface area contributed by atoms with Crippen molar-refractivity contribution in [2.75, 3.05) is 45.6 Å². The summed E-state index contributed by atoms with van der Waals surface area (Å²) in [7, 11) is 1.03. The zero-order valence-corrected chi connectivity index (χ0v) is 18.9. The first-order valence-electron chi connectivity index (χ1n) is 9.59. The van der Waals surface area contributed by atoms with Crippen LogP contribution in [0.3, 0.4) is 0 Å². The van der Waals surface area contributed by atoms with Gasteiger partial charge in [-0.05, 0) is 24.6 Å². The van der Waals surface area contributed by atoms with E-state index in [0.29, 0.717) is 30.3 Å². The molecular weight excluding hydrogens is 424 g/mol. The van der Waals surface area contributed by atoms with Crippen LogP contribution in [0.25, 0.3) is 0 Å². The highest BCUT2D eigenvalue weighted by Crippen LogP contribution is 2.26. The molecule has 0 aromatic heterocycles. The molecule has 0 spiro atoms. The minimum atomic E-state index is -3.59. The average molecular weight is 453 g/mol. The lowest BCUT2D eigenvalue weighted by molar-refractivity contribution is 0.153. The predicted octanol–water partition coefficient (Wildman–Crippen LogP) is 3.11. The van der Waals surface area contributed by atoms with E-state index in [4.69, 9.17) is 18.4 Å². The summed E-state index contributed by atoms with van der Waals surface area (Å²) in [5.74, 6) is 1.21. The minimum absolute atomic E-state index is 0.116. The maximum Gasteiger partial charge on any atom is 0.322 e. The number of nitrogens with zero attached hydrogens (tertiary/aromatic N) is 1. The molecule has 2 aromatic rings. The predicted molar refractivity (Wildman–Crippen MR) is 117 cm³/mol. The number of hydrogen-bond donors (Lipinski definition) is 1. The molecule has 31 heavy (non-hydrogen) atoms. The molecule has 0 saturated carbocycles. The molecule has 0 atom stereocenters. The van der Waals surface area contributed by atoms with Crippen LogP contribution in [0.15, 0.2) is 42.5 Å². The highest BCUT2D eigenvalue weighted by atomic mass is 32.2. The van der Waals surface area contributed by atoms with Gasteiger partial charge in [-0.1, -0.05) is 12.1 Å². The number of amides is 2. The lowest BCUT2D eigenvalue weighted by atomic mass is 10.2. The molecular formula is C21H28N2O7S. The SMILES string of the molecule is CCS(=O)(=O)Oc1ccc(CN(CCOC)C(=O)Nc2cc(OC)cc(OC)c2)cc1. The fourth-order valence-corrected chi connectivity index (χ4v) is 3.13. The molecule has 170 valence electrons. The van der Waals surface area contributed by atoms with Crippen molar-refractivity contribution in [1.82, 2.24) is 4.90 Å². The molecule has 0 bridgehead atoms. The van der Waals surface area contributed by atoms with E-state index in [0.717, 1.165) is 5.56 Å². The lowest BCUT2D eigenvalue weighted by Crippen LogP contribution is -2.36. The molecule has 0 unspecified atom stereocenters. The summed E-state index contributed by atoms with van der Waals surface area (Å²) in [6, 6.07) is 11.3. The summed E-state index contributed by atoms with van der Waals surface area (Å²) < 4.78 is 43.7. The van der Waals surface area contributed by atoms with E-state index in [-0.39, 0.29) is 24.1 Å². The van der Waals surface area contributed by atoms with Crippen LogP contribution in [0.1, 0.15) is 12.5 Å². The largest absolute Gasteiger partial charge is 0.497 e. The quantitative estimate of drug-likeness (QED) is 0.523. The highest BCUT2D eigenvalue weighted by Gasteiger charge is 2.16. The Morgan fingerprint density at radius 1 is 0.968 bits per heavy atom. The normalized spacial score (nSPS) is 11.0. The minimum Gasteiger partial charge on any atom is -0.497 e. The molecule has 2 amide bonds. The van der Waals surface area contributed by atoms with Gasteiger partial charge in [-0.2, -0.15) is 8.42 Å². The topological polar surface area (TPSA) is 103 Å². The van der Waals surface area contributed by atoms with E-state index in [9.17, 15) is 13.2 Å². The van der Waals surface area contributed by atoms with Crippen LogP contribution in [0.2, 0.25) is 0 Å². The number of ether oxygens (including phenoxy) is 3. The summed E-state index contributed by atoms with van der Waals surface area (Å²) in [5, 5.41) is 2.84. The van der Waals surface area contributed by atoms with E-state index in [1.165, 1.54) is 21.1 Å². The van der Waals surface area contributed by atoms with Gasteiger partial charge in [-0.15, -0.1) is 0 Å². The van der Waals surface area contributed by atoms with Crippen molar-refractivity contribution in [2.24, 2.45) is 0 Å². The number of carbonyl (C=O) groups excluding carboxylic acids is 1. The summed E-state index contributed by atoms with van der Waals surface area (Å²) in [5.41, 5.74) is 1.33. The van der Waals surface area contributed by atoms with E-state index in [2.05, 4.69) is 5.32 Å². The summed E-state index contributed by atoms with van der Waals surface area (Å²) in [6.45, 7) is 2.50. The van der Waals surface area contributed by atoms with Crippen molar-refractivity contribution in [3.63, 3.8) is 0 Å². The Balaban J connectivity index is 2.13. The molecule has 2 rings (SSSR count). The van der Waals surface area contributed by atoms with Gasteiger partial charge in [0.2, 0.25) is 0 Å². The van der Waals surface area contributed by atoms with Gasteiger partial charge in [-0.3, -0.25) is 0 Å². The van der Waals surface area contributed by atoms with Crippen LogP contribution in [0.5, 0.6) is 17.2 Å². The fourth-order valence-electron chi connectivity index (χ4n) is 2.61. The Morgan fingerprint density at radius 2 is 1.58 bits per heavy atom. The summed E-state index contributed by atoms with van der Waals surface area (Å²) >= 11 is 0. The first-order valence-corrected chi connectivity index (χ1v) is 11.2. The van der Waals surface area contributed by atoms with Crippen LogP contribution in [0, 0.1) is 0 Å². The Kier molecular flexibility index (Phi) is 8.95. The van der Waals surface area contributed by atoms with E-state index in [1.54, 1.807) is 54.5 Å². The zero-order chi connectivity index (χ0) is 22.9. The molecule has 0 heterocycles. The van der Waals surface area contributed by atoms with Crippen molar-refractivity contribution in [3.05, 3.63) is 48.0 Å². The van der Waals surface area contributed by atoms with Crippen molar-refractivity contribution in [2.45, 2.75) is 13.5 Å². The van der Waals surface area contributed by atoms with Gasteiger partial charge in [0.05, 0.1) is 26.6 Å². The second-order valence-corrected chi connectivity index (χ2v) is 8.38. The van der Waals surface area contributed by atoms with E-state index in [1.807, 2.05) is 0 Å². The van der Waals surface area contributed by atoms with Crippen molar-refractivity contribution in [3.8, 4) is 17.2 Å². The molecule has 0 aliphatic heterocycles.